The molecule has 18 heavy (non-hydrogen) atoms. The Morgan fingerprint density at radius 1 is 1.56 bits per heavy atom. The lowest BCUT2D eigenvalue weighted by atomic mass is 9.89. The summed E-state index contributed by atoms with van der Waals surface area (Å²) < 4.78 is 7.96. The predicted octanol–water partition coefficient (Wildman–Crippen LogP) is 1.19. The summed E-state index contributed by atoms with van der Waals surface area (Å²) in [7, 11) is 1.69. The fourth-order valence-electron chi connectivity index (χ4n) is 1.92. The van der Waals surface area contributed by atoms with Crippen LogP contribution in [0.1, 0.15) is 19.8 Å². The molecule has 1 saturated carbocycles. The van der Waals surface area contributed by atoms with Crippen LogP contribution in [0.3, 0.4) is 0 Å². The number of aryl methyl sites for hydroxylation is 1. The van der Waals surface area contributed by atoms with Crippen LogP contribution in [0.5, 0.6) is 5.75 Å². The molecule has 5 nitrogen and oxygen atoms in total. The zero-order valence-corrected chi connectivity index (χ0v) is 11.9. The number of nitrogens with one attached hydrogen (secondary N) is 1. The van der Waals surface area contributed by atoms with Crippen molar-refractivity contribution in [2.75, 3.05) is 0 Å². The molecule has 1 aliphatic carbocycles. The molecule has 98 valence electrons. The normalized spacial score (nSPS) is 22.2. The first-order valence-electron chi connectivity index (χ1n) is 5.75. The molecule has 1 N–H and O–H groups in total. The van der Waals surface area contributed by atoms with Crippen molar-refractivity contribution in [3.05, 3.63) is 27.1 Å². The van der Waals surface area contributed by atoms with Crippen molar-refractivity contribution in [2.45, 2.75) is 31.9 Å². The summed E-state index contributed by atoms with van der Waals surface area (Å²) in [5.74, 6) is 0.539. The van der Waals surface area contributed by atoms with Crippen molar-refractivity contribution < 1.29 is 9.53 Å². The van der Waals surface area contributed by atoms with Gasteiger partial charge in [0.05, 0.1) is 4.47 Å². The van der Waals surface area contributed by atoms with Gasteiger partial charge >= 0.3 is 0 Å². The van der Waals surface area contributed by atoms with Crippen LogP contribution < -0.4 is 15.6 Å². The van der Waals surface area contributed by atoms with Gasteiger partial charge in [-0.1, -0.05) is 0 Å². The molecule has 6 heteroatoms. The number of rotatable bonds is 3. The Balaban J connectivity index is 1.94. The van der Waals surface area contributed by atoms with Crippen molar-refractivity contribution in [1.82, 2.24) is 9.88 Å². The summed E-state index contributed by atoms with van der Waals surface area (Å²) in [6, 6.07) is 1.66. The molecule has 1 fully saturated rings. The van der Waals surface area contributed by atoms with Crippen LogP contribution in [-0.4, -0.2) is 22.6 Å². The summed E-state index contributed by atoms with van der Waals surface area (Å²) >= 11 is 3.36. The third-order valence-electron chi connectivity index (χ3n) is 2.94. The smallest absolute Gasteiger partial charge is 0.254 e. The maximum Gasteiger partial charge on any atom is 0.254 e. The van der Waals surface area contributed by atoms with Crippen molar-refractivity contribution in [2.24, 2.45) is 7.05 Å². The highest BCUT2D eigenvalue weighted by atomic mass is 79.9. The number of halogens is 1. The van der Waals surface area contributed by atoms with Gasteiger partial charge in [-0.3, -0.25) is 9.59 Å². The standard InChI is InChI=1S/C12H15BrN2O3/c1-7(16)14-8-3-9(4-8)18-11-5-12(17)15(2)6-10(11)13/h5-6,8-9H,3-4H2,1-2H3,(H,14,16). The summed E-state index contributed by atoms with van der Waals surface area (Å²) in [5, 5.41) is 2.83. The average Bonchev–Trinajstić information content (AvgIpc) is 2.21. The molecule has 0 unspecified atom stereocenters. The number of pyridine rings is 1. The van der Waals surface area contributed by atoms with Gasteiger partial charge in [-0.25, -0.2) is 0 Å². The first kappa shape index (κ1) is 13.1. The van der Waals surface area contributed by atoms with E-state index in [0.717, 1.165) is 17.3 Å². The number of carbonyl (C=O) groups excluding carboxylic acids is 1. The van der Waals surface area contributed by atoms with E-state index in [2.05, 4.69) is 21.2 Å². The zero-order valence-electron chi connectivity index (χ0n) is 10.3. The van der Waals surface area contributed by atoms with Gasteiger partial charge in [0.1, 0.15) is 11.9 Å². The highest BCUT2D eigenvalue weighted by Crippen LogP contribution is 2.29. The van der Waals surface area contributed by atoms with Gasteiger partial charge in [-0.15, -0.1) is 0 Å². The molecule has 0 bridgehead atoms. The van der Waals surface area contributed by atoms with Crippen LogP contribution in [0.15, 0.2) is 21.5 Å². The van der Waals surface area contributed by atoms with E-state index in [0.29, 0.717) is 5.75 Å². The van der Waals surface area contributed by atoms with E-state index in [9.17, 15) is 9.59 Å². The van der Waals surface area contributed by atoms with Crippen LogP contribution in [0.4, 0.5) is 0 Å². The van der Waals surface area contributed by atoms with Gasteiger partial charge < -0.3 is 14.6 Å². The molecule has 0 atom stereocenters. The van der Waals surface area contributed by atoms with E-state index >= 15 is 0 Å². The monoisotopic (exact) mass is 314 g/mol. The van der Waals surface area contributed by atoms with Crippen molar-refractivity contribution in [3.8, 4) is 5.75 Å². The van der Waals surface area contributed by atoms with E-state index < -0.39 is 0 Å². The van der Waals surface area contributed by atoms with Gasteiger partial charge in [0.25, 0.3) is 5.56 Å². The van der Waals surface area contributed by atoms with Crippen LogP contribution in [0.2, 0.25) is 0 Å². The molecule has 1 aromatic rings. The minimum absolute atomic E-state index is 0.0202. The molecule has 0 aromatic carbocycles. The third kappa shape index (κ3) is 2.93. The summed E-state index contributed by atoms with van der Waals surface area (Å²) in [6.45, 7) is 1.51. The number of hydrogen-bond acceptors (Lipinski definition) is 3. The lowest BCUT2D eigenvalue weighted by Gasteiger charge is -2.35. The Kier molecular flexibility index (Phi) is 3.75. The average molecular weight is 315 g/mol. The lowest BCUT2D eigenvalue weighted by Crippen LogP contribution is -2.48. The van der Waals surface area contributed by atoms with E-state index in [1.165, 1.54) is 17.6 Å². The first-order chi connectivity index (χ1) is 8.45. The van der Waals surface area contributed by atoms with Crippen molar-refractivity contribution in [3.63, 3.8) is 0 Å². The van der Waals surface area contributed by atoms with Crippen LogP contribution in [0, 0.1) is 0 Å². The predicted molar refractivity (Wildman–Crippen MR) is 70.6 cm³/mol. The lowest BCUT2D eigenvalue weighted by molar-refractivity contribution is -0.120. The van der Waals surface area contributed by atoms with Crippen LogP contribution in [-0.2, 0) is 11.8 Å². The van der Waals surface area contributed by atoms with E-state index in [4.69, 9.17) is 4.74 Å². The molecule has 0 radical (unpaired) electrons. The maximum absolute atomic E-state index is 11.5. The Labute approximate surface area is 113 Å². The van der Waals surface area contributed by atoms with Crippen LogP contribution in [0.25, 0.3) is 0 Å². The van der Waals surface area contributed by atoms with Crippen LogP contribution >= 0.6 is 15.9 Å². The molecule has 0 spiro atoms. The van der Waals surface area contributed by atoms with Gasteiger partial charge in [-0.05, 0) is 15.9 Å². The highest BCUT2D eigenvalue weighted by molar-refractivity contribution is 9.10. The summed E-state index contributed by atoms with van der Waals surface area (Å²) in [4.78, 5) is 22.3. The number of amides is 1. The molecule has 1 aromatic heterocycles. The maximum atomic E-state index is 11.5. The van der Waals surface area contributed by atoms with Gasteiger partial charge in [0.15, 0.2) is 0 Å². The Morgan fingerprint density at radius 3 is 2.83 bits per heavy atom. The number of ether oxygens (including phenoxy) is 1. The second-order valence-corrected chi connectivity index (χ2v) is 5.40. The van der Waals surface area contributed by atoms with Crippen molar-refractivity contribution in [1.29, 1.82) is 0 Å². The molecule has 0 saturated heterocycles. The molecule has 1 aliphatic rings. The van der Waals surface area contributed by atoms with E-state index in [1.54, 1.807) is 13.2 Å². The molecule has 0 aliphatic heterocycles. The number of hydrogen-bond donors (Lipinski definition) is 1. The molecular formula is C12H15BrN2O3. The van der Waals surface area contributed by atoms with Gasteiger partial charge in [0, 0.05) is 45.1 Å². The largest absolute Gasteiger partial charge is 0.489 e. The molecule has 2 rings (SSSR count). The quantitative estimate of drug-likeness (QED) is 0.911. The van der Waals surface area contributed by atoms with Crippen molar-refractivity contribution >= 4 is 21.8 Å². The minimum atomic E-state index is -0.106. The fourth-order valence-corrected chi connectivity index (χ4v) is 2.43. The highest BCUT2D eigenvalue weighted by Gasteiger charge is 2.31. The minimum Gasteiger partial charge on any atom is -0.489 e. The molecule has 1 heterocycles. The topological polar surface area (TPSA) is 60.3 Å². The third-order valence-corrected chi connectivity index (χ3v) is 3.54. The Morgan fingerprint density at radius 2 is 2.22 bits per heavy atom. The van der Waals surface area contributed by atoms with Gasteiger partial charge in [0.2, 0.25) is 5.91 Å². The summed E-state index contributed by atoms with van der Waals surface area (Å²) in [6.07, 6.45) is 3.30. The van der Waals surface area contributed by atoms with E-state index in [1.807, 2.05) is 0 Å². The zero-order chi connectivity index (χ0) is 13.3. The Hall–Kier alpha value is -1.30. The SMILES string of the molecule is CC(=O)NC1CC(Oc2cc(=O)n(C)cc2Br)C1. The molecule has 1 amide bonds. The molecular weight excluding hydrogens is 300 g/mol. The number of carbonyl (C=O) groups is 1. The fraction of sp³-hybridized carbons (Fsp3) is 0.500. The number of nitrogens with zero attached hydrogens (tertiary/aromatic N) is 1. The number of aromatic nitrogens is 1. The van der Waals surface area contributed by atoms with E-state index in [-0.39, 0.29) is 23.6 Å². The second-order valence-electron chi connectivity index (χ2n) is 4.54. The van der Waals surface area contributed by atoms with Gasteiger partial charge in [-0.2, -0.15) is 0 Å². The second kappa shape index (κ2) is 5.14. The Bertz CT molecular complexity index is 521. The first-order valence-corrected chi connectivity index (χ1v) is 6.55. The summed E-state index contributed by atoms with van der Waals surface area (Å²) in [5.41, 5.74) is -0.106.